The number of allylic oxidation sites excluding steroid dienone is 1. The molecular formula is C24H29NO5. The third-order valence-corrected chi connectivity index (χ3v) is 4.83. The van der Waals surface area contributed by atoms with Gasteiger partial charge in [-0.2, -0.15) is 0 Å². The summed E-state index contributed by atoms with van der Waals surface area (Å²) in [5, 5.41) is 2.71. The molecule has 1 amide bonds. The van der Waals surface area contributed by atoms with Crippen LogP contribution in [-0.2, 0) is 21.4 Å². The zero-order valence-corrected chi connectivity index (χ0v) is 18.0. The number of amides is 1. The Morgan fingerprint density at radius 1 is 1.37 bits per heavy atom. The lowest BCUT2D eigenvalue weighted by molar-refractivity contribution is -0.122. The fourth-order valence-electron chi connectivity index (χ4n) is 3.61. The van der Waals surface area contributed by atoms with Crippen LogP contribution in [0, 0.1) is 12.3 Å². The van der Waals surface area contributed by atoms with E-state index in [-0.39, 0.29) is 18.7 Å². The number of nitrogens with one attached hydrogen (secondary N) is 1. The number of terminal acetylenes is 1. The Morgan fingerprint density at radius 2 is 2.07 bits per heavy atom. The molecule has 0 bridgehead atoms. The number of benzene rings is 1. The first-order valence-corrected chi connectivity index (χ1v) is 9.72. The molecule has 1 aliphatic heterocycles. The van der Waals surface area contributed by atoms with E-state index in [0.29, 0.717) is 23.5 Å². The minimum atomic E-state index is -1.11. The molecule has 1 heterocycles. The van der Waals surface area contributed by atoms with Crippen molar-refractivity contribution in [2.24, 2.45) is 0 Å². The average molecular weight is 411 g/mol. The van der Waals surface area contributed by atoms with E-state index < -0.39 is 23.2 Å². The highest BCUT2D eigenvalue weighted by Gasteiger charge is 2.52. The van der Waals surface area contributed by atoms with Crippen molar-refractivity contribution in [2.45, 2.75) is 50.7 Å². The maximum Gasteiger partial charge on any atom is 0.407 e. The van der Waals surface area contributed by atoms with Crippen LogP contribution in [0.4, 0.5) is 4.79 Å². The van der Waals surface area contributed by atoms with Crippen molar-refractivity contribution in [2.75, 3.05) is 13.7 Å². The Bertz CT molecular complexity index is 890. The molecule has 0 spiro atoms. The fraction of sp³-hybridized carbons (Fsp3) is 0.417. The van der Waals surface area contributed by atoms with Crippen molar-refractivity contribution < 1.29 is 23.8 Å². The maximum absolute atomic E-state index is 12.7. The summed E-state index contributed by atoms with van der Waals surface area (Å²) in [6.45, 7) is 12.9. The molecule has 0 aliphatic carbocycles. The van der Waals surface area contributed by atoms with Crippen molar-refractivity contribution in [3.8, 4) is 23.8 Å². The second-order valence-corrected chi connectivity index (χ2v) is 8.02. The van der Waals surface area contributed by atoms with Crippen molar-refractivity contribution in [1.82, 2.24) is 5.32 Å². The van der Waals surface area contributed by atoms with Crippen LogP contribution in [0.3, 0.4) is 0 Å². The van der Waals surface area contributed by atoms with Crippen LogP contribution in [0.25, 0.3) is 0 Å². The van der Waals surface area contributed by atoms with Crippen molar-refractivity contribution in [3.63, 3.8) is 0 Å². The molecule has 30 heavy (non-hydrogen) atoms. The molecule has 0 fully saturated rings. The summed E-state index contributed by atoms with van der Waals surface area (Å²) in [6.07, 6.45) is 8.23. The van der Waals surface area contributed by atoms with Crippen LogP contribution in [0.15, 0.2) is 37.4 Å². The first-order valence-electron chi connectivity index (χ1n) is 9.72. The van der Waals surface area contributed by atoms with E-state index in [1.807, 2.05) is 6.07 Å². The predicted molar refractivity (Wildman–Crippen MR) is 116 cm³/mol. The SMILES string of the molecule is C#C[C@@]1(CCNC(=O)OC(C)(C)C)c2c(CC=C)ccc(OC)c2O[C@H]1C(=O)C=C. The summed E-state index contributed by atoms with van der Waals surface area (Å²) in [7, 11) is 1.52. The third kappa shape index (κ3) is 4.51. The van der Waals surface area contributed by atoms with Gasteiger partial charge in [0.2, 0.25) is 0 Å². The summed E-state index contributed by atoms with van der Waals surface area (Å²) in [5.74, 6) is 3.38. The summed E-state index contributed by atoms with van der Waals surface area (Å²) in [4.78, 5) is 24.8. The number of hydrogen-bond donors (Lipinski definition) is 1. The average Bonchev–Trinajstić information content (AvgIpc) is 3.02. The lowest BCUT2D eigenvalue weighted by Crippen LogP contribution is -2.45. The summed E-state index contributed by atoms with van der Waals surface area (Å²) >= 11 is 0. The minimum absolute atomic E-state index is 0.188. The lowest BCUT2D eigenvalue weighted by atomic mass is 9.71. The normalized spacial score (nSPS) is 19.6. The fourth-order valence-corrected chi connectivity index (χ4v) is 3.61. The Labute approximate surface area is 178 Å². The molecule has 0 aromatic heterocycles. The molecule has 0 radical (unpaired) electrons. The molecule has 0 saturated carbocycles. The van der Waals surface area contributed by atoms with Gasteiger partial charge in [0.1, 0.15) is 11.0 Å². The molecule has 1 aromatic carbocycles. The molecular weight excluding hydrogens is 382 g/mol. The number of fused-ring (bicyclic) bond motifs is 1. The predicted octanol–water partition coefficient (Wildman–Crippen LogP) is 3.73. The molecule has 0 unspecified atom stereocenters. The zero-order valence-electron chi connectivity index (χ0n) is 18.0. The van der Waals surface area contributed by atoms with Gasteiger partial charge in [0, 0.05) is 12.1 Å². The summed E-state index contributed by atoms with van der Waals surface area (Å²) < 4.78 is 16.8. The Hall–Kier alpha value is -3.20. The van der Waals surface area contributed by atoms with Gasteiger partial charge in [0.15, 0.2) is 23.4 Å². The van der Waals surface area contributed by atoms with Gasteiger partial charge in [-0.15, -0.1) is 13.0 Å². The number of carbonyl (C=O) groups is 2. The van der Waals surface area contributed by atoms with E-state index in [2.05, 4.69) is 24.4 Å². The van der Waals surface area contributed by atoms with Crippen LogP contribution in [-0.4, -0.2) is 37.2 Å². The molecule has 1 N–H and O–H groups in total. The van der Waals surface area contributed by atoms with Gasteiger partial charge >= 0.3 is 6.09 Å². The Morgan fingerprint density at radius 3 is 2.60 bits per heavy atom. The second kappa shape index (κ2) is 9.08. The second-order valence-electron chi connectivity index (χ2n) is 8.02. The van der Waals surface area contributed by atoms with Crippen LogP contribution < -0.4 is 14.8 Å². The molecule has 160 valence electrons. The van der Waals surface area contributed by atoms with Crippen LogP contribution >= 0.6 is 0 Å². The number of methoxy groups -OCH3 is 1. The molecule has 0 saturated heterocycles. The van der Waals surface area contributed by atoms with Gasteiger partial charge in [-0.3, -0.25) is 4.79 Å². The molecule has 6 nitrogen and oxygen atoms in total. The third-order valence-electron chi connectivity index (χ3n) is 4.83. The quantitative estimate of drug-likeness (QED) is 0.401. The van der Waals surface area contributed by atoms with Crippen molar-refractivity contribution >= 4 is 11.9 Å². The maximum atomic E-state index is 12.7. The van der Waals surface area contributed by atoms with Crippen molar-refractivity contribution in [1.29, 1.82) is 0 Å². The van der Waals surface area contributed by atoms with Crippen LogP contribution in [0.2, 0.25) is 0 Å². The number of hydrogen-bond acceptors (Lipinski definition) is 5. The number of ether oxygens (including phenoxy) is 3. The highest BCUT2D eigenvalue weighted by atomic mass is 16.6. The lowest BCUT2D eigenvalue weighted by Gasteiger charge is -2.29. The smallest absolute Gasteiger partial charge is 0.407 e. The Balaban J connectivity index is 2.48. The molecule has 6 heteroatoms. The van der Waals surface area contributed by atoms with E-state index in [1.165, 1.54) is 13.2 Å². The van der Waals surface area contributed by atoms with Gasteiger partial charge in [0.05, 0.1) is 7.11 Å². The van der Waals surface area contributed by atoms with Crippen LogP contribution in [0.1, 0.15) is 38.3 Å². The van der Waals surface area contributed by atoms with E-state index >= 15 is 0 Å². The first kappa shape index (κ1) is 23.1. The van der Waals surface area contributed by atoms with Crippen molar-refractivity contribution in [3.05, 3.63) is 48.6 Å². The largest absolute Gasteiger partial charge is 0.493 e. The number of ketones is 1. The van der Waals surface area contributed by atoms with E-state index in [9.17, 15) is 9.59 Å². The standard InChI is InChI=1S/C24H29NO5/c1-8-11-16-12-13-18(28-7)20-19(16)24(10-3,21(29-20)17(26)9-2)14-15-25-22(27)30-23(4,5)6/h3,8-9,12-13,21H,1-2,11,14-15H2,4-7H3,(H,25,27)/t21-,24+/m0/s1. The van der Waals surface area contributed by atoms with Gasteiger partial charge in [0.25, 0.3) is 0 Å². The van der Waals surface area contributed by atoms with Gasteiger partial charge in [-0.25, -0.2) is 4.79 Å². The molecule has 2 rings (SSSR count). The summed E-state index contributed by atoms with van der Waals surface area (Å²) in [6, 6.07) is 3.66. The minimum Gasteiger partial charge on any atom is -0.493 e. The number of alkyl carbamates (subject to hydrolysis) is 1. The van der Waals surface area contributed by atoms with E-state index in [4.69, 9.17) is 20.6 Å². The van der Waals surface area contributed by atoms with Gasteiger partial charge < -0.3 is 19.5 Å². The molecule has 1 aromatic rings. The number of carbonyl (C=O) groups excluding carboxylic acids is 2. The van der Waals surface area contributed by atoms with Crippen LogP contribution in [0.5, 0.6) is 11.5 Å². The zero-order chi connectivity index (χ0) is 22.5. The van der Waals surface area contributed by atoms with E-state index in [0.717, 1.165) is 5.56 Å². The topological polar surface area (TPSA) is 73.9 Å². The monoisotopic (exact) mass is 411 g/mol. The summed E-state index contributed by atoms with van der Waals surface area (Å²) in [5.41, 5.74) is -0.142. The highest BCUT2D eigenvalue weighted by Crippen LogP contribution is 2.51. The van der Waals surface area contributed by atoms with Gasteiger partial charge in [-0.1, -0.05) is 24.6 Å². The Kier molecular flexibility index (Phi) is 6.99. The molecule has 2 atom stereocenters. The van der Waals surface area contributed by atoms with Gasteiger partial charge in [-0.05, 0) is 51.3 Å². The first-order chi connectivity index (χ1) is 14.1. The molecule has 1 aliphatic rings. The number of rotatable bonds is 8. The van der Waals surface area contributed by atoms with E-state index in [1.54, 1.807) is 32.9 Å². The highest BCUT2D eigenvalue weighted by molar-refractivity contribution is 5.96.